The van der Waals surface area contributed by atoms with Gasteiger partial charge in [-0.3, -0.25) is 4.79 Å². The van der Waals surface area contributed by atoms with Gasteiger partial charge in [0.15, 0.2) is 5.69 Å². The van der Waals surface area contributed by atoms with Crippen LogP contribution in [0.2, 0.25) is 0 Å². The summed E-state index contributed by atoms with van der Waals surface area (Å²) < 4.78 is 8.06. The third-order valence-electron chi connectivity index (χ3n) is 4.80. The van der Waals surface area contributed by atoms with Crippen molar-refractivity contribution in [2.24, 2.45) is 7.05 Å². The fourth-order valence-corrected chi connectivity index (χ4v) is 3.53. The number of fused-ring (bicyclic) bond motifs is 1. The second kappa shape index (κ2) is 6.49. The van der Waals surface area contributed by atoms with Crippen LogP contribution in [0.15, 0.2) is 45.8 Å². The highest BCUT2D eigenvalue weighted by Gasteiger charge is 2.20. The Balaban J connectivity index is 1.89. The van der Waals surface area contributed by atoms with Gasteiger partial charge in [-0.25, -0.2) is 9.78 Å². The zero-order valence-corrected chi connectivity index (χ0v) is 15.9. The summed E-state index contributed by atoms with van der Waals surface area (Å²) in [7, 11) is 1.55. The predicted octanol–water partition coefficient (Wildman–Crippen LogP) is 3.15. The van der Waals surface area contributed by atoms with E-state index in [0.29, 0.717) is 39.4 Å². The highest BCUT2D eigenvalue weighted by atomic mass is 16.5. The van der Waals surface area contributed by atoms with Crippen LogP contribution in [0.3, 0.4) is 0 Å². The van der Waals surface area contributed by atoms with Crippen molar-refractivity contribution in [2.75, 3.05) is 0 Å². The van der Waals surface area contributed by atoms with Gasteiger partial charge in [0.2, 0.25) is 0 Å². The molecule has 0 aliphatic carbocycles. The van der Waals surface area contributed by atoms with E-state index in [1.54, 1.807) is 61.8 Å². The Morgan fingerprint density at radius 2 is 1.86 bits per heavy atom. The maximum absolute atomic E-state index is 12.3. The summed E-state index contributed by atoms with van der Waals surface area (Å²) in [6, 6.07) is 10.9. The number of nitriles is 1. The van der Waals surface area contributed by atoms with Crippen LogP contribution in [0, 0.1) is 25.2 Å². The molecule has 1 aromatic carbocycles. The molecule has 8 nitrogen and oxygen atoms in total. The maximum Gasteiger partial charge on any atom is 0.356 e. The van der Waals surface area contributed by atoms with Crippen molar-refractivity contribution in [3.63, 3.8) is 0 Å². The number of nitrogens with zero attached hydrogens (tertiary/aromatic N) is 4. The molecule has 0 radical (unpaired) electrons. The van der Waals surface area contributed by atoms with Gasteiger partial charge in [-0.15, -0.1) is 0 Å². The lowest BCUT2D eigenvalue weighted by Crippen LogP contribution is -2.11. The fourth-order valence-electron chi connectivity index (χ4n) is 3.53. The van der Waals surface area contributed by atoms with E-state index < -0.39 is 5.97 Å². The normalized spacial score (nSPS) is 11.0. The Bertz CT molecular complexity index is 1380. The third kappa shape index (κ3) is 2.80. The summed E-state index contributed by atoms with van der Waals surface area (Å²) in [4.78, 5) is 27.9. The van der Waals surface area contributed by atoms with Crippen LogP contribution in [-0.4, -0.2) is 25.2 Å². The Hall–Kier alpha value is -4.12. The summed E-state index contributed by atoms with van der Waals surface area (Å²) in [6.45, 7) is 3.40. The first-order valence-corrected chi connectivity index (χ1v) is 8.75. The van der Waals surface area contributed by atoms with Crippen molar-refractivity contribution in [1.29, 1.82) is 5.26 Å². The summed E-state index contributed by atoms with van der Waals surface area (Å²) in [5.41, 5.74) is 3.31. The average molecular weight is 388 g/mol. The van der Waals surface area contributed by atoms with E-state index in [1.165, 1.54) is 4.74 Å². The molecule has 0 saturated carbocycles. The first-order valence-electron chi connectivity index (χ1n) is 8.75. The van der Waals surface area contributed by atoms with E-state index in [9.17, 15) is 20.0 Å². The second-order valence-corrected chi connectivity index (χ2v) is 6.71. The molecule has 0 atom stereocenters. The molecule has 0 saturated heterocycles. The fraction of sp³-hybridized carbons (Fsp3) is 0.143. The number of aryl methyl sites for hydroxylation is 3. The molecule has 0 aliphatic rings. The van der Waals surface area contributed by atoms with Gasteiger partial charge < -0.3 is 14.0 Å². The number of benzene rings is 1. The van der Waals surface area contributed by atoms with Crippen LogP contribution in [0.4, 0.5) is 0 Å². The average Bonchev–Trinajstić information content (AvgIpc) is 3.17. The van der Waals surface area contributed by atoms with Gasteiger partial charge in [-0.2, -0.15) is 10.0 Å². The predicted molar refractivity (Wildman–Crippen MR) is 105 cm³/mol. The monoisotopic (exact) mass is 388 g/mol. The van der Waals surface area contributed by atoms with Crippen LogP contribution in [0.5, 0.6) is 0 Å². The van der Waals surface area contributed by atoms with Gasteiger partial charge in [-0.1, -0.05) is 24.3 Å². The topological polar surface area (TPSA) is 114 Å². The minimum Gasteiger partial charge on any atom is -0.476 e. The molecule has 0 unspecified atom stereocenters. The standard InChI is InChI=1S/C21H16N4O4/c1-11-10-25-16(19(23-11)21(27)28)8-15(17(25)9-22)13-4-6-14(7-5-13)18-12(2)29-24(3)20(18)26/h4-8,10H,1-3H3,(H,27,28). The molecule has 1 N–H and O–H groups in total. The molecule has 8 heteroatoms. The number of carbonyl (C=O) groups is 1. The van der Waals surface area contributed by atoms with E-state index in [2.05, 4.69) is 11.1 Å². The van der Waals surface area contributed by atoms with Crippen LogP contribution >= 0.6 is 0 Å². The molecule has 0 spiro atoms. The molecule has 4 aromatic rings. The number of carboxylic acids is 1. The Morgan fingerprint density at radius 3 is 2.41 bits per heavy atom. The lowest BCUT2D eigenvalue weighted by atomic mass is 10.0. The number of carboxylic acid groups (broad SMARTS) is 1. The van der Waals surface area contributed by atoms with Gasteiger partial charge in [0.05, 0.1) is 16.8 Å². The smallest absolute Gasteiger partial charge is 0.356 e. The van der Waals surface area contributed by atoms with Crippen molar-refractivity contribution >= 4 is 11.5 Å². The molecule has 144 valence electrons. The molecular formula is C21H16N4O4. The van der Waals surface area contributed by atoms with E-state index in [0.717, 1.165) is 5.56 Å². The Morgan fingerprint density at radius 1 is 1.21 bits per heavy atom. The SMILES string of the molecule is Cc1cn2c(C#N)c(-c3ccc(-c4c(C)on(C)c4=O)cc3)cc2c(C(=O)O)n1. The van der Waals surface area contributed by atoms with E-state index in [-0.39, 0.29) is 11.3 Å². The third-order valence-corrected chi connectivity index (χ3v) is 4.80. The van der Waals surface area contributed by atoms with Gasteiger partial charge >= 0.3 is 5.97 Å². The molecule has 0 bridgehead atoms. The largest absolute Gasteiger partial charge is 0.476 e. The Kier molecular flexibility index (Phi) is 4.09. The number of rotatable bonds is 3. The van der Waals surface area contributed by atoms with Gasteiger partial charge in [0.25, 0.3) is 5.56 Å². The second-order valence-electron chi connectivity index (χ2n) is 6.71. The quantitative estimate of drug-likeness (QED) is 0.577. The minimum atomic E-state index is -1.16. The molecule has 3 heterocycles. The molecule has 0 amide bonds. The highest BCUT2D eigenvalue weighted by Crippen LogP contribution is 2.31. The first kappa shape index (κ1) is 18.3. The van der Waals surface area contributed by atoms with Gasteiger partial charge in [0.1, 0.15) is 17.5 Å². The zero-order valence-electron chi connectivity index (χ0n) is 15.9. The van der Waals surface area contributed by atoms with E-state index in [1.807, 2.05) is 0 Å². The van der Waals surface area contributed by atoms with E-state index >= 15 is 0 Å². The Labute approximate surface area is 164 Å². The van der Waals surface area contributed by atoms with Gasteiger partial charge in [0, 0.05) is 18.8 Å². The number of hydrogen-bond acceptors (Lipinski definition) is 5. The molecule has 0 aliphatic heterocycles. The van der Waals surface area contributed by atoms with Crippen LogP contribution in [0.25, 0.3) is 27.8 Å². The van der Waals surface area contributed by atoms with Crippen LogP contribution < -0.4 is 5.56 Å². The summed E-state index contributed by atoms with van der Waals surface area (Å²) in [5, 5.41) is 19.2. The molecule has 4 rings (SSSR count). The lowest BCUT2D eigenvalue weighted by Gasteiger charge is -2.03. The number of aromatic nitrogens is 3. The lowest BCUT2D eigenvalue weighted by molar-refractivity contribution is 0.0692. The maximum atomic E-state index is 12.3. The first-order chi connectivity index (χ1) is 13.8. The highest BCUT2D eigenvalue weighted by molar-refractivity contribution is 5.95. The number of aromatic carboxylic acids is 1. The molecular weight excluding hydrogens is 372 g/mol. The van der Waals surface area contributed by atoms with Crippen molar-refractivity contribution in [3.8, 4) is 28.3 Å². The molecule has 3 aromatic heterocycles. The molecule has 29 heavy (non-hydrogen) atoms. The van der Waals surface area contributed by atoms with Crippen molar-refractivity contribution in [3.05, 3.63) is 69.7 Å². The van der Waals surface area contributed by atoms with E-state index in [4.69, 9.17) is 4.52 Å². The minimum absolute atomic E-state index is 0.109. The summed E-state index contributed by atoms with van der Waals surface area (Å²) >= 11 is 0. The van der Waals surface area contributed by atoms with Crippen molar-refractivity contribution in [1.82, 2.24) is 14.1 Å². The van der Waals surface area contributed by atoms with Crippen LogP contribution in [0.1, 0.15) is 27.6 Å². The summed E-state index contributed by atoms with van der Waals surface area (Å²) in [5.74, 6) is -0.640. The van der Waals surface area contributed by atoms with Crippen molar-refractivity contribution in [2.45, 2.75) is 13.8 Å². The van der Waals surface area contributed by atoms with Gasteiger partial charge in [-0.05, 0) is 31.0 Å². The van der Waals surface area contributed by atoms with Crippen molar-refractivity contribution < 1.29 is 14.4 Å². The molecule has 0 fully saturated rings. The van der Waals surface area contributed by atoms with Crippen LogP contribution in [-0.2, 0) is 7.05 Å². The number of hydrogen-bond donors (Lipinski definition) is 1. The summed E-state index contributed by atoms with van der Waals surface area (Å²) in [6.07, 6.45) is 1.64. The zero-order chi connectivity index (χ0) is 20.9.